The fraction of sp³-hybridized carbons (Fsp3) is 0.333. The summed E-state index contributed by atoms with van der Waals surface area (Å²) in [4.78, 5) is 0. The molecule has 0 atom stereocenters. The second kappa shape index (κ2) is 6.08. The zero-order valence-corrected chi connectivity index (χ0v) is 8.90. The predicted octanol–water partition coefficient (Wildman–Crippen LogP) is -1.01. The Morgan fingerprint density at radius 1 is 1.46 bits per heavy atom. The first kappa shape index (κ1) is 12.6. The van der Waals surface area contributed by atoms with Crippen LogP contribution in [0.4, 0.5) is 0 Å². The van der Waals surface area contributed by atoms with Gasteiger partial charge in [-0.15, -0.1) is 0 Å². The largest absolute Gasteiger partial charge is 1.00 e. The van der Waals surface area contributed by atoms with E-state index in [0.29, 0.717) is 13.2 Å². The molecule has 1 aromatic rings. The fourth-order valence-electron chi connectivity index (χ4n) is 0.884. The third-order valence-electron chi connectivity index (χ3n) is 1.52. The van der Waals surface area contributed by atoms with E-state index in [2.05, 4.69) is 0 Å². The lowest BCUT2D eigenvalue weighted by molar-refractivity contribution is -0.00000297. The maximum atomic E-state index is 5.83. The van der Waals surface area contributed by atoms with E-state index >= 15 is 0 Å². The fourth-order valence-corrected chi connectivity index (χ4v) is 1.00. The number of ether oxygens (including phenoxy) is 1. The lowest BCUT2D eigenvalue weighted by Crippen LogP contribution is -3.00. The van der Waals surface area contributed by atoms with Gasteiger partial charge in [-0.25, -0.2) is 0 Å². The molecule has 0 unspecified atom stereocenters. The molecule has 0 aliphatic heterocycles. The van der Waals surface area contributed by atoms with Crippen molar-refractivity contribution in [3.63, 3.8) is 0 Å². The summed E-state index contributed by atoms with van der Waals surface area (Å²) in [6.07, 6.45) is 0. The number of hydrogen-bond acceptors (Lipinski definition) is 2. The van der Waals surface area contributed by atoms with Crippen LogP contribution in [0, 0.1) is 6.92 Å². The van der Waals surface area contributed by atoms with Gasteiger partial charge in [-0.2, -0.15) is 0 Å². The molecular formula is C9H12Cl2NO-. The van der Waals surface area contributed by atoms with Crippen LogP contribution in [0.3, 0.4) is 0 Å². The number of halogens is 2. The van der Waals surface area contributed by atoms with E-state index in [4.69, 9.17) is 22.1 Å². The molecule has 0 heterocycles. The molecule has 1 aromatic carbocycles. The maximum absolute atomic E-state index is 5.83. The molecule has 0 fully saturated rings. The predicted molar refractivity (Wildman–Crippen MR) is 50.7 cm³/mol. The second-order valence-corrected chi connectivity index (χ2v) is 2.96. The SMILES string of the molecule is Cc1cc(OCCN)ccc1Cl.[Cl-]. The topological polar surface area (TPSA) is 35.2 Å². The van der Waals surface area contributed by atoms with Gasteiger partial charge < -0.3 is 22.9 Å². The Bertz CT molecular complexity index is 266. The van der Waals surface area contributed by atoms with Crippen molar-refractivity contribution in [3.8, 4) is 5.75 Å². The van der Waals surface area contributed by atoms with E-state index < -0.39 is 0 Å². The first-order valence-electron chi connectivity index (χ1n) is 3.83. The summed E-state index contributed by atoms with van der Waals surface area (Å²) in [5, 5.41) is 0.759. The Balaban J connectivity index is 0.00000144. The quantitative estimate of drug-likeness (QED) is 0.709. The third-order valence-corrected chi connectivity index (χ3v) is 1.94. The van der Waals surface area contributed by atoms with E-state index in [9.17, 15) is 0 Å². The number of nitrogens with two attached hydrogens (primary N) is 1. The highest BCUT2D eigenvalue weighted by molar-refractivity contribution is 6.31. The molecule has 0 spiro atoms. The molecular weight excluding hydrogens is 209 g/mol. The van der Waals surface area contributed by atoms with Gasteiger partial charge in [0, 0.05) is 11.6 Å². The Labute approximate surface area is 89.4 Å². The molecule has 1 rings (SSSR count). The lowest BCUT2D eigenvalue weighted by atomic mass is 10.2. The Hall–Kier alpha value is -0.440. The van der Waals surface area contributed by atoms with Crippen molar-refractivity contribution >= 4 is 11.6 Å². The van der Waals surface area contributed by atoms with Crippen molar-refractivity contribution in [2.75, 3.05) is 13.2 Å². The molecule has 0 radical (unpaired) electrons. The van der Waals surface area contributed by atoms with E-state index in [1.807, 2.05) is 25.1 Å². The summed E-state index contributed by atoms with van der Waals surface area (Å²) in [6.45, 7) is 3.01. The van der Waals surface area contributed by atoms with E-state index in [1.54, 1.807) is 0 Å². The minimum absolute atomic E-state index is 0. The van der Waals surface area contributed by atoms with Crippen LogP contribution in [0.5, 0.6) is 5.75 Å². The first-order valence-corrected chi connectivity index (χ1v) is 4.21. The molecule has 4 heteroatoms. The van der Waals surface area contributed by atoms with Crippen molar-refractivity contribution in [3.05, 3.63) is 28.8 Å². The van der Waals surface area contributed by atoms with Gasteiger partial charge in [0.1, 0.15) is 12.4 Å². The van der Waals surface area contributed by atoms with Crippen LogP contribution in [0.1, 0.15) is 5.56 Å². The van der Waals surface area contributed by atoms with Crippen LogP contribution in [-0.2, 0) is 0 Å². The summed E-state index contributed by atoms with van der Waals surface area (Å²) in [5.41, 5.74) is 6.31. The number of aryl methyl sites for hydroxylation is 1. The van der Waals surface area contributed by atoms with Crippen LogP contribution < -0.4 is 22.9 Å². The summed E-state index contributed by atoms with van der Waals surface area (Å²) < 4.78 is 5.31. The van der Waals surface area contributed by atoms with Crippen LogP contribution in [0.15, 0.2) is 18.2 Å². The van der Waals surface area contributed by atoms with Gasteiger partial charge in [-0.3, -0.25) is 0 Å². The van der Waals surface area contributed by atoms with Crippen molar-refractivity contribution in [2.24, 2.45) is 5.73 Å². The molecule has 2 N–H and O–H groups in total. The van der Waals surface area contributed by atoms with Gasteiger partial charge in [-0.1, -0.05) is 11.6 Å². The molecule has 0 saturated heterocycles. The van der Waals surface area contributed by atoms with Gasteiger partial charge in [0.25, 0.3) is 0 Å². The summed E-state index contributed by atoms with van der Waals surface area (Å²) in [5.74, 6) is 0.822. The monoisotopic (exact) mass is 220 g/mol. The van der Waals surface area contributed by atoms with Crippen LogP contribution in [0.25, 0.3) is 0 Å². The normalized spacial score (nSPS) is 9.15. The van der Waals surface area contributed by atoms with Crippen LogP contribution in [-0.4, -0.2) is 13.2 Å². The molecule has 0 amide bonds. The minimum atomic E-state index is 0. The van der Waals surface area contributed by atoms with Gasteiger partial charge in [0.05, 0.1) is 0 Å². The molecule has 0 aromatic heterocycles. The molecule has 0 bridgehead atoms. The van der Waals surface area contributed by atoms with Crippen molar-refractivity contribution < 1.29 is 17.1 Å². The third kappa shape index (κ3) is 3.85. The number of benzene rings is 1. The Morgan fingerprint density at radius 3 is 2.69 bits per heavy atom. The Morgan fingerprint density at radius 2 is 2.15 bits per heavy atom. The second-order valence-electron chi connectivity index (χ2n) is 2.55. The summed E-state index contributed by atoms with van der Waals surface area (Å²) >= 11 is 5.83. The lowest BCUT2D eigenvalue weighted by Gasteiger charge is -2.05. The van der Waals surface area contributed by atoms with Gasteiger partial charge in [0.2, 0.25) is 0 Å². The average Bonchev–Trinajstić information content (AvgIpc) is 2.07. The van der Waals surface area contributed by atoms with E-state index in [-0.39, 0.29) is 12.4 Å². The van der Waals surface area contributed by atoms with E-state index in [0.717, 1.165) is 16.3 Å². The van der Waals surface area contributed by atoms with Crippen LogP contribution in [0.2, 0.25) is 5.02 Å². The zero-order chi connectivity index (χ0) is 8.97. The highest BCUT2D eigenvalue weighted by atomic mass is 35.5. The molecule has 2 nitrogen and oxygen atoms in total. The number of hydrogen-bond donors (Lipinski definition) is 1. The molecule has 0 aliphatic rings. The summed E-state index contributed by atoms with van der Waals surface area (Å²) in [7, 11) is 0. The minimum Gasteiger partial charge on any atom is -1.00 e. The van der Waals surface area contributed by atoms with E-state index in [1.165, 1.54) is 0 Å². The maximum Gasteiger partial charge on any atom is 0.119 e. The molecule has 0 saturated carbocycles. The first-order chi connectivity index (χ1) is 5.74. The van der Waals surface area contributed by atoms with Gasteiger partial charge in [0.15, 0.2) is 0 Å². The van der Waals surface area contributed by atoms with Gasteiger partial charge in [-0.05, 0) is 30.7 Å². The van der Waals surface area contributed by atoms with Crippen LogP contribution >= 0.6 is 11.6 Å². The van der Waals surface area contributed by atoms with Crippen molar-refractivity contribution in [1.82, 2.24) is 0 Å². The van der Waals surface area contributed by atoms with Gasteiger partial charge >= 0.3 is 0 Å². The highest BCUT2D eigenvalue weighted by Crippen LogP contribution is 2.20. The summed E-state index contributed by atoms with van der Waals surface area (Å²) in [6, 6.07) is 5.56. The molecule has 13 heavy (non-hydrogen) atoms. The Kier molecular flexibility index (Phi) is 5.88. The molecule has 0 aliphatic carbocycles. The van der Waals surface area contributed by atoms with Crippen molar-refractivity contribution in [1.29, 1.82) is 0 Å². The highest BCUT2D eigenvalue weighted by Gasteiger charge is 1.96. The zero-order valence-electron chi connectivity index (χ0n) is 7.39. The average molecular weight is 221 g/mol. The molecule has 74 valence electrons. The number of rotatable bonds is 3. The standard InChI is InChI=1S/C9H12ClNO.ClH/c1-7-6-8(12-5-4-11)2-3-9(7)10;/h2-3,6H,4-5,11H2,1H3;1H/p-1. The van der Waals surface area contributed by atoms with Crippen molar-refractivity contribution in [2.45, 2.75) is 6.92 Å². The smallest absolute Gasteiger partial charge is 0.119 e.